The molecule has 4 nitrogen and oxygen atoms in total. The maximum atomic E-state index is 14.0. The van der Waals surface area contributed by atoms with Gasteiger partial charge in [-0.05, 0) is 42.5 Å². The largest absolute Gasteiger partial charge is 0.329 e. The van der Waals surface area contributed by atoms with E-state index >= 15 is 0 Å². The van der Waals surface area contributed by atoms with Gasteiger partial charge in [0.15, 0.2) is 9.84 Å². The maximum Gasteiger partial charge on any atom is 0.257 e. The van der Waals surface area contributed by atoms with Gasteiger partial charge in [-0.2, -0.15) is 0 Å². The van der Waals surface area contributed by atoms with Gasteiger partial charge in [-0.15, -0.1) is 11.3 Å². The van der Waals surface area contributed by atoms with Crippen LogP contribution in [0, 0.1) is 12.7 Å². The van der Waals surface area contributed by atoms with Crippen molar-refractivity contribution < 1.29 is 17.6 Å². The molecule has 24 heavy (non-hydrogen) atoms. The predicted molar refractivity (Wildman–Crippen MR) is 92.4 cm³/mol. The highest BCUT2D eigenvalue weighted by atomic mass is 32.2. The molecule has 1 atom stereocenters. The van der Waals surface area contributed by atoms with Crippen LogP contribution in [0.15, 0.2) is 35.7 Å². The van der Waals surface area contributed by atoms with Crippen molar-refractivity contribution in [1.29, 1.82) is 0 Å². The molecular weight excluding hydrogens is 349 g/mol. The lowest BCUT2D eigenvalue weighted by atomic mass is 10.1. The highest BCUT2D eigenvalue weighted by molar-refractivity contribution is 7.91. The Kier molecular flexibility index (Phi) is 4.73. The number of thiophene rings is 1. The summed E-state index contributed by atoms with van der Waals surface area (Å²) in [6, 6.07) is 7.36. The number of sulfone groups is 1. The number of rotatable bonds is 4. The Morgan fingerprint density at radius 3 is 2.67 bits per heavy atom. The van der Waals surface area contributed by atoms with Gasteiger partial charge in [-0.25, -0.2) is 12.8 Å². The summed E-state index contributed by atoms with van der Waals surface area (Å²) >= 11 is 1.52. The van der Waals surface area contributed by atoms with Crippen molar-refractivity contribution in [2.24, 2.45) is 0 Å². The first-order valence-corrected chi connectivity index (χ1v) is 10.4. The van der Waals surface area contributed by atoms with Crippen LogP contribution in [0.5, 0.6) is 0 Å². The molecule has 128 valence electrons. The Hall–Kier alpha value is -1.73. The van der Waals surface area contributed by atoms with E-state index in [1.165, 1.54) is 34.4 Å². The summed E-state index contributed by atoms with van der Waals surface area (Å²) < 4.78 is 37.7. The minimum Gasteiger partial charge on any atom is -0.329 e. The van der Waals surface area contributed by atoms with Gasteiger partial charge >= 0.3 is 0 Å². The van der Waals surface area contributed by atoms with Crippen LogP contribution in [-0.4, -0.2) is 36.8 Å². The number of hydrogen-bond acceptors (Lipinski definition) is 4. The Morgan fingerprint density at radius 2 is 2.08 bits per heavy atom. The first-order chi connectivity index (χ1) is 11.4. The first kappa shape index (κ1) is 17.1. The zero-order chi connectivity index (χ0) is 17.3. The quantitative estimate of drug-likeness (QED) is 0.835. The number of halogens is 1. The van der Waals surface area contributed by atoms with E-state index in [1.54, 1.807) is 6.07 Å². The van der Waals surface area contributed by atoms with E-state index in [9.17, 15) is 17.6 Å². The van der Waals surface area contributed by atoms with Gasteiger partial charge in [0.1, 0.15) is 5.82 Å². The normalized spacial score (nSPS) is 19.3. The summed E-state index contributed by atoms with van der Waals surface area (Å²) in [6.07, 6.45) is 0.396. The number of benzene rings is 1. The van der Waals surface area contributed by atoms with Crippen molar-refractivity contribution in [2.75, 3.05) is 11.5 Å². The molecule has 2 heterocycles. The molecule has 2 aromatic rings. The summed E-state index contributed by atoms with van der Waals surface area (Å²) in [5.74, 6) is -1.03. The van der Waals surface area contributed by atoms with Crippen molar-refractivity contribution in [3.63, 3.8) is 0 Å². The molecule has 0 radical (unpaired) electrons. The molecule has 1 aromatic heterocycles. The minimum atomic E-state index is -3.14. The zero-order valence-electron chi connectivity index (χ0n) is 13.2. The maximum absolute atomic E-state index is 14.0. The molecule has 1 fully saturated rings. The second kappa shape index (κ2) is 6.64. The van der Waals surface area contributed by atoms with Crippen LogP contribution >= 0.6 is 11.3 Å². The lowest BCUT2D eigenvalue weighted by Crippen LogP contribution is -2.41. The molecule has 0 saturated carbocycles. The third kappa shape index (κ3) is 3.52. The number of carbonyl (C=O) groups is 1. The Balaban J connectivity index is 1.94. The second-order valence-electron chi connectivity index (χ2n) is 6.00. The van der Waals surface area contributed by atoms with Crippen LogP contribution in [0.25, 0.3) is 0 Å². The average Bonchev–Trinajstić information content (AvgIpc) is 3.10. The van der Waals surface area contributed by atoms with Crippen LogP contribution in [0.4, 0.5) is 4.39 Å². The molecule has 1 saturated heterocycles. The number of carbonyl (C=O) groups excluding carboxylic acids is 1. The van der Waals surface area contributed by atoms with E-state index in [2.05, 4.69) is 0 Å². The van der Waals surface area contributed by atoms with E-state index in [0.717, 1.165) is 10.4 Å². The average molecular weight is 367 g/mol. The molecule has 1 amide bonds. The smallest absolute Gasteiger partial charge is 0.257 e. The van der Waals surface area contributed by atoms with Crippen LogP contribution in [0.3, 0.4) is 0 Å². The van der Waals surface area contributed by atoms with E-state index in [1.807, 2.05) is 18.4 Å². The summed E-state index contributed by atoms with van der Waals surface area (Å²) in [5, 5.41) is 1.93. The molecule has 0 unspecified atom stereocenters. The Bertz CT molecular complexity index is 860. The standard InChI is InChI=1S/C17H18FNO3S2/c1-12-6-8-23-16(12)10-19(13-7-9-24(21,22)11-13)17(20)14-4-2-3-5-15(14)18/h2-6,8,13H,7,9-11H2,1H3/t13-/m1/s1. The van der Waals surface area contributed by atoms with Crippen molar-refractivity contribution in [3.05, 3.63) is 57.5 Å². The topological polar surface area (TPSA) is 54.5 Å². The molecule has 0 spiro atoms. The van der Waals surface area contributed by atoms with Crippen LogP contribution in [0.1, 0.15) is 27.2 Å². The van der Waals surface area contributed by atoms with Gasteiger partial charge in [0.2, 0.25) is 0 Å². The molecule has 0 N–H and O–H groups in total. The van der Waals surface area contributed by atoms with E-state index in [-0.39, 0.29) is 17.1 Å². The molecule has 3 rings (SSSR count). The molecule has 1 aliphatic heterocycles. The molecule has 0 bridgehead atoms. The summed E-state index contributed by atoms with van der Waals surface area (Å²) in [7, 11) is -3.14. The fourth-order valence-corrected chi connectivity index (χ4v) is 5.53. The second-order valence-corrected chi connectivity index (χ2v) is 9.23. The van der Waals surface area contributed by atoms with Crippen LogP contribution < -0.4 is 0 Å². The molecule has 1 aliphatic rings. The van der Waals surface area contributed by atoms with Gasteiger partial charge < -0.3 is 4.90 Å². The van der Waals surface area contributed by atoms with Crippen molar-refractivity contribution in [2.45, 2.75) is 25.9 Å². The fraction of sp³-hybridized carbons (Fsp3) is 0.353. The monoisotopic (exact) mass is 367 g/mol. The molecule has 1 aromatic carbocycles. The molecule has 0 aliphatic carbocycles. The summed E-state index contributed by atoms with van der Waals surface area (Å²) in [4.78, 5) is 15.4. The third-order valence-electron chi connectivity index (χ3n) is 4.30. The van der Waals surface area contributed by atoms with Gasteiger partial charge in [-0.1, -0.05) is 12.1 Å². The molecule has 7 heteroatoms. The minimum absolute atomic E-state index is 0.0176. The Labute approximate surface area is 144 Å². The predicted octanol–water partition coefficient (Wildman–Crippen LogP) is 3.03. The zero-order valence-corrected chi connectivity index (χ0v) is 14.9. The van der Waals surface area contributed by atoms with Crippen molar-refractivity contribution in [3.8, 4) is 0 Å². The lowest BCUT2D eigenvalue weighted by Gasteiger charge is -2.28. The van der Waals surface area contributed by atoms with Crippen LogP contribution in [0.2, 0.25) is 0 Å². The van der Waals surface area contributed by atoms with Gasteiger partial charge in [0, 0.05) is 10.9 Å². The SMILES string of the molecule is Cc1ccsc1CN(C(=O)c1ccccc1F)[C@@H]1CCS(=O)(=O)C1. The highest BCUT2D eigenvalue weighted by Crippen LogP contribution is 2.26. The molecular formula is C17H18FNO3S2. The van der Waals surface area contributed by atoms with Crippen LogP contribution in [-0.2, 0) is 16.4 Å². The number of hydrogen-bond donors (Lipinski definition) is 0. The summed E-state index contributed by atoms with van der Waals surface area (Å²) in [5.41, 5.74) is 1.03. The van der Waals surface area contributed by atoms with E-state index in [0.29, 0.717) is 13.0 Å². The number of nitrogens with zero attached hydrogens (tertiary/aromatic N) is 1. The van der Waals surface area contributed by atoms with E-state index in [4.69, 9.17) is 0 Å². The highest BCUT2D eigenvalue weighted by Gasteiger charge is 2.36. The van der Waals surface area contributed by atoms with Crippen molar-refractivity contribution >= 4 is 27.1 Å². The number of amides is 1. The third-order valence-corrected chi connectivity index (χ3v) is 7.05. The lowest BCUT2D eigenvalue weighted by molar-refractivity contribution is 0.0678. The van der Waals surface area contributed by atoms with Gasteiger partial charge in [0.05, 0.1) is 23.6 Å². The number of aryl methyl sites for hydroxylation is 1. The van der Waals surface area contributed by atoms with Gasteiger partial charge in [0.25, 0.3) is 5.91 Å². The van der Waals surface area contributed by atoms with E-state index < -0.39 is 27.6 Å². The first-order valence-electron chi connectivity index (χ1n) is 7.66. The summed E-state index contributed by atoms with van der Waals surface area (Å²) in [6.45, 7) is 2.25. The van der Waals surface area contributed by atoms with Crippen molar-refractivity contribution in [1.82, 2.24) is 4.90 Å². The Morgan fingerprint density at radius 1 is 1.33 bits per heavy atom. The fourth-order valence-electron chi connectivity index (χ4n) is 2.90. The van der Waals surface area contributed by atoms with Gasteiger partial charge in [-0.3, -0.25) is 4.79 Å².